The van der Waals surface area contributed by atoms with Gasteiger partial charge in [-0.1, -0.05) is 23.9 Å². The molecule has 5 heteroatoms. The Morgan fingerprint density at radius 1 is 1.35 bits per heavy atom. The Bertz CT molecular complexity index is 566. The summed E-state index contributed by atoms with van der Waals surface area (Å²) in [5.41, 5.74) is 7.48. The third-order valence-electron chi connectivity index (χ3n) is 2.61. The summed E-state index contributed by atoms with van der Waals surface area (Å²) in [6.07, 6.45) is 0. The summed E-state index contributed by atoms with van der Waals surface area (Å²) in [6, 6.07) is 9.48. The molecule has 1 aliphatic rings. The molecule has 0 saturated carbocycles. The first kappa shape index (κ1) is 10.8. The lowest BCUT2D eigenvalue weighted by Crippen LogP contribution is -2.19. The summed E-state index contributed by atoms with van der Waals surface area (Å²) in [4.78, 5) is 12.5. The Labute approximate surface area is 107 Å². The number of hydrogen-bond acceptors (Lipinski definition) is 4. The zero-order valence-electron chi connectivity index (χ0n) is 8.84. The van der Waals surface area contributed by atoms with Crippen LogP contribution in [-0.4, -0.2) is 5.91 Å². The molecule has 0 bridgehead atoms. The highest BCUT2D eigenvalue weighted by Crippen LogP contribution is 2.36. The highest BCUT2D eigenvalue weighted by Gasteiger charge is 2.26. The molecule has 1 amide bonds. The topological polar surface area (TPSA) is 55.1 Å². The maximum Gasteiger partial charge on any atom is 0.245 e. The van der Waals surface area contributed by atoms with Crippen molar-refractivity contribution in [3.63, 3.8) is 0 Å². The van der Waals surface area contributed by atoms with Gasteiger partial charge in [0.15, 0.2) is 0 Å². The van der Waals surface area contributed by atoms with Gasteiger partial charge < -0.3 is 11.1 Å². The molecular weight excluding hydrogens is 252 g/mol. The molecule has 3 nitrogen and oxygen atoms in total. The molecule has 0 saturated heterocycles. The van der Waals surface area contributed by atoms with Crippen LogP contribution in [0.25, 0.3) is 0 Å². The van der Waals surface area contributed by atoms with Crippen LogP contribution in [0.2, 0.25) is 0 Å². The largest absolute Gasteiger partial charge is 0.324 e. The lowest BCUT2D eigenvalue weighted by atomic mass is 10.1. The van der Waals surface area contributed by atoms with E-state index in [0.717, 1.165) is 16.1 Å². The van der Waals surface area contributed by atoms with Crippen LogP contribution in [0.15, 0.2) is 44.8 Å². The normalized spacial score (nSPS) is 17.9. The smallest absolute Gasteiger partial charge is 0.245 e. The van der Waals surface area contributed by atoms with E-state index in [1.807, 2.05) is 29.6 Å². The maximum absolute atomic E-state index is 11.4. The molecule has 2 heterocycles. The van der Waals surface area contributed by atoms with Gasteiger partial charge in [0.1, 0.15) is 6.04 Å². The van der Waals surface area contributed by atoms with Crippen molar-refractivity contribution >= 4 is 34.7 Å². The van der Waals surface area contributed by atoms with E-state index in [2.05, 4.69) is 11.4 Å². The molecule has 1 atom stereocenters. The number of amides is 1. The second-order valence-corrected chi connectivity index (χ2v) is 6.07. The van der Waals surface area contributed by atoms with Gasteiger partial charge in [-0.25, -0.2) is 0 Å². The Hall–Kier alpha value is -1.30. The monoisotopic (exact) mass is 262 g/mol. The molecule has 3 rings (SSSR count). The van der Waals surface area contributed by atoms with Crippen LogP contribution >= 0.6 is 23.1 Å². The molecular formula is C12H10N2OS2. The van der Waals surface area contributed by atoms with Gasteiger partial charge in [-0.15, -0.1) is 11.3 Å². The molecule has 17 heavy (non-hydrogen) atoms. The second-order valence-electron chi connectivity index (χ2n) is 3.75. The van der Waals surface area contributed by atoms with Gasteiger partial charge in [-0.3, -0.25) is 4.79 Å². The lowest BCUT2D eigenvalue weighted by Gasteiger charge is -2.03. The molecule has 2 aromatic rings. The van der Waals surface area contributed by atoms with Gasteiger partial charge in [0.25, 0.3) is 0 Å². The first-order valence-corrected chi connectivity index (χ1v) is 6.85. The Morgan fingerprint density at radius 2 is 2.24 bits per heavy atom. The van der Waals surface area contributed by atoms with E-state index in [1.54, 1.807) is 23.1 Å². The number of hydrogen-bond donors (Lipinski definition) is 2. The minimum Gasteiger partial charge on any atom is -0.324 e. The fraction of sp³-hybridized carbons (Fsp3) is 0.0833. The van der Waals surface area contributed by atoms with Crippen LogP contribution < -0.4 is 11.1 Å². The van der Waals surface area contributed by atoms with E-state index in [0.29, 0.717) is 0 Å². The number of thiophene rings is 1. The number of rotatable bonds is 2. The molecule has 1 aromatic carbocycles. The fourth-order valence-electron chi connectivity index (χ4n) is 1.77. The van der Waals surface area contributed by atoms with Gasteiger partial charge in [0, 0.05) is 16.1 Å². The third kappa shape index (κ3) is 1.97. The SMILES string of the molecule is NC1C(=O)Nc2cc(Sc3cccs3)ccc21. The van der Waals surface area contributed by atoms with Crippen molar-refractivity contribution < 1.29 is 4.79 Å². The third-order valence-corrected chi connectivity index (χ3v) is 4.64. The molecule has 86 valence electrons. The minimum absolute atomic E-state index is 0.127. The number of nitrogens with two attached hydrogens (primary N) is 1. The van der Waals surface area contributed by atoms with Crippen LogP contribution in [0, 0.1) is 0 Å². The molecule has 1 aromatic heterocycles. The molecule has 0 spiro atoms. The quantitative estimate of drug-likeness (QED) is 0.875. The summed E-state index contributed by atoms with van der Waals surface area (Å²) in [7, 11) is 0. The van der Waals surface area contributed by atoms with Crippen LogP contribution in [0.4, 0.5) is 5.69 Å². The standard InChI is InChI=1S/C12H10N2OS2/c13-11-8-4-3-7(6-9(8)14-12(11)15)17-10-2-1-5-16-10/h1-6,11H,13H2,(H,14,15). The zero-order chi connectivity index (χ0) is 11.8. The summed E-state index contributed by atoms with van der Waals surface area (Å²) in [6.45, 7) is 0. The first-order valence-electron chi connectivity index (χ1n) is 5.16. The van der Waals surface area contributed by atoms with E-state index < -0.39 is 6.04 Å². The van der Waals surface area contributed by atoms with Gasteiger partial charge in [-0.05, 0) is 23.6 Å². The van der Waals surface area contributed by atoms with Gasteiger partial charge in [-0.2, -0.15) is 0 Å². The van der Waals surface area contributed by atoms with Gasteiger partial charge in [0.2, 0.25) is 5.91 Å². The van der Waals surface area contributed by atoms with Gasteiger partial charge >= 0.3 is 0 Å². The second kappa shape index (κ2) is 4.18. The van der Waals surface area contributed by atoms with Crippen molar-refractivity contribution in [1.29, 1.82) is 0 Å². The van der Waals surface area contributed by atoms with Crippen molar-refractivity contribution in [2.45, 2.75) is 15.1 Å². The summed E-state index contributed by atoms with van der Waals surface area (Å²) in [5, 5.41) is 4.84. The number of carbonyl (C=O) groups is 1. The molecule has 1 unspecified atom stereocenters. The molecule has 0 fully saturated rings. The summed E-state index contributed by atoms with van der Waals surface area (Å²) < 4.78 is 1.23. The minimum atomic E-state index is -0.522. The van der Waals surface area contributed by atoms with Crippen molar-refractivity contribution in [1.82, 2.24) is 0 Å². The number of benzene rings is 1. The molecule has 3 N–H and O–H groups in total. The number of fused-ring (bicyclic) bond motifs is 1. The van der Waals surface area contributed by atoms with E-state index >= 15 is 0 Å². The highest BCUT2D eigenvalue weighted by molar-refractivity contribution is 8.01. The predicted octanol–water partition coefficient (Wildman–Crippen LogP) is 2.85. The molecule has 1 aliphatic heterocycles. The Balaban J connectivity index is 1.90. The Morgan fingerprint density at radius 3 is 3.00 bits per heavy atom. The van der Waals surface area contributed by atoms with E-state index in [4.69, 9.17) is 5.73 Å². The average Bonchev–Trinajstić information content (AvgIpc) is 2.89. The maximum atomic E-state index is 11.4. The van der Waals surface area contributed by atoms with Crippen molar-refractivity contribution in [3.05, 3.63) is 41.3 Å². The predicted molar refractivity (Wildman–Crippen MR) is 70.4 cm³/mol. The fourth-order valence-corrected chi connectivity index (χ4v) is 3.56. The van der Waals surface area contributed by atoms with E-state index in [1.165, 1.54) is 4.21 Å². The number of anilines is 1. The van der Waals surface area contributed by atoms with Crippen LogP contribution in [0.5, 0.6) is 0 Å². The highest BCUT2D eigenvalue weighted by atomic mass is 32.2. The average molecular weight is 262 g/mol. The number of nitrogens with one attached hydrogen (secondary N) is 1. The summed E-state index contributed by atoms with van der Waals surface area (Å²) >= 11 is 3.39. The van der Waals surface area contributed by atoms with E-state index in [9.17, 15) is 4.79 Å². The molecule has 0 radical (unpaired) electrons. The number of carbonyl (C=O) groups excluding carboxylic acids is 1. The van der Waals surface area contributed by atoms with Crippen molar-refractivity contribution in [2.75, 3.05) is 5.32 Å². The van der Waals surface area contributed by atoms with Crippen LogP contribution in [-0.2, 0) is 4.79 Å². The first-order chi connectivity index (χ1) is 8.24. The van der Waals surface area contributed by atoms with E-state index in [-0.39, 0.29) is 5.91 Å². The lowest BCUT2D eigenvalue weighted by molar-refractivity contribution is -0.116. The summed E-state index contributed by atoms with van der Waals surface area (Å²) in [5.74, 6) is -0.127. The van der Waals surface area contributed by atoms with Crippen molar-refractivity contribution in [3.8, 4) is 0 Å². The Kier molecular flexibility index (Phi) is 2.66. The van der Waals surface area contributed by atoms with Crippen molar-refractivity contribution in [2.24, 2.45) is 5.73 Å². The van der Waals surface area contributed by atoms with Crippen LogP contribution in [0.3, 0.4) is 0 Å². The molecule has 0 aliphatic carbocycles. The van der Waals surface area contributed by atoms with Gasteiger partial charge in [0.05, 0.1) is 4.21 Å². The van der Waals surface area contributed by atoms with Crippen LogP contribution in [0.1, 0.15) is 11.6 Å². The zero-order valence-corrected chi connectivity index (χ0v) is 10.5.